The Morgan fingerprint density at radius 3 is 2.22 bits per heavy atom. The minimum absolute atomic E-state index is 0.0261. The third-order valence-electron chi connectivity index (χ3n) is 2.96. The predicted octanol–water partition coefficient (Wildman–Crippen LogP) is 0.147. The minimum Gasteiger partial charge on any atom is -0.480 e. The Morgan fingerprint density at radius 1 is 1.17 bits per heavy atom. The van der Waals surface area contributed by atoms with Gasteiger partial charge in [0.15, 0.2) is 5.78 Å². The van der Waals surface area contributed by atoms with E-state index in [-0.39, 0.29) is 23.6 Å². The highest BCUT2D eigenvalue weighted by Crippen LogP contribution is 2.10. The van der Waals surface area contributed by atoms with Gasteiger partial charge in [0.25, 0.3) is 0 Å². The van der Waals surface area contributed by atoms with Gasteiger partial charge in [-0.05, 0) is 26.0 Å². The number of rotatable bonds is 8. The topological polar surface area (TPSA) is 130 Å². The summed E-state index contributed by atoms with van der Waals surface area (Å²) in [6.07, 6.45) is -0.192. The van der Waals surface area contributed by atoms with Crippen LogP contribution in [0.2, 0.25) is 0 Å². The minimum atomic E-state index is -3.80. The van der Waals surface area contributed by atoms with Crippen molar-refractivity contribution in [1.82, 2.24) is 10.0 Å². The summed E-state index contributed by atoms with van der Waals surface area (Å²) in [6.45, 7) is 2.51. The average molecular weight is 342 g/mol. The lowest BCUT2D eigenvalue weighted by molar-refractivity contribution is -0.141. The molecule has 0 saturated carbocycles. The third-order valence-corrected chi connectivity index (χ3v) is 4.44. The molecule has 1 atom stereocenters. The fourth-order valence-corrected chi connectivity index (χ4v) is 2.66. The average Bonchev–Trinajstić information content (AvgIpc) is 2.46. The van der Waals surface area contributed by atoms with E-state index in [1.807, 2.05) is 0 Å². The normalized spacial score (nSPS) is 12.4. The first-order chi connectivity index (χ1) is 10.6. The molecule has 0 heterocycles. The fraction of sp³-hybridized carbons (Fsp3) is 0.357. The first-order valence-electron chi connectivity index (χ1n) is 6.76. The van der Waals surface area contributed by atoms with Crippen LogP contribution in [-0.2, 0) is 19.6 Å². The van der Waals surface area contributed by atoms with Crippen molar-refractivity contribution in [3.05, 3.63) is 29.8 Å². The molecule has 1 amide bonds. The number of benzene rings is 1. The van der Waals surface area contributed by atoms with Crippen LogP contribution in [0.15, 0.2) is 29.2 Å². The van der Waals surface area contributed by atoms with Crippen LogP contribution in [0.25, 0.3) is 0 Å². The zero-order chi connectivity index (χ0) is 17.6. The summed E-state index contributed by atoms with van der Waals surface area (Å²) in [5.74, 6) is -1.93. The summed E-state index contributed by atoms with van der Waals surface area (Å²) in [4.78, 5) is 33.1. The van der Waals surface area contributed by atoms with Crippen LogP contribution in [-0.4, -0.2) is 43.8 Å². The lowest BCUT2D eigenvalue weighted by Gasteiger charge is -2.10. The van der Waals surface area contributed by atoms with Crippen molar-refractivity contribution in [2.75, 3.05) is 6.54 Å². The maximum absolute atomic E-state index is 12.0. The number of carbonyl (C=O) groups is 3. The zero-order valence-corrected chi connectivity index (χ0v) is 13.5. The summed E-state index contributed by atoms with van der Waals surface area (Å²) in [5, 5.41) is 10.9. The van der Waals surface area contributed by atoms with E-state index in [1.54, 1.807) is 0 Å². The van der Waals surface area contributed by atoms with Gasteiger partial charge in [-0.2, -0.15) is 0 Å². The SMILES string of the molecule is CC(=O)c1ccc(S(=O)(=O)NCCC(=O)N[C@H](C)C(=O)O)cc1. The number of hydrogen-bond acceptors (Lipinski definition) is 5. The number of ketones is 1. The molecule has 3 N–H and O–H groups in total. The number of carboxylic acid groups (broad SMARTS) is 1. The van der Waals surface area contributed by atoms with Crippen molar-refractivity contribution in [2.45, 2.75) is 31.2 Å². The second-order valence-electron chi connectivity index (χ2n) is 4.86. The van der Waals surface area contributed by atoms with E-state index in [0.717, 1.165) is 0 Å². The number of carboxylic acids is 1. The number of carbonyl (C=O) groups excluding carboxylic acids is 2. The molecule has 1 aromatic rings. The molecule has 0 spiro atoms. The highest BCUT2D eigenvalue weighted by Gasteiger charge is 2.16. The predicted molar refractivity (Wildman–Crippen MR) is 81.5 cm³/mol. The Labute approximate surface area is 133 Å². The van der Waals surface area contributed by atoms with E-state index >= 15 is 0 Å². The molecule has 0 bridgehead atoms. The molecular weight excluding hydrogens is 324 g/mol. The van der Waals surface area contributed by atoms with E-state index in [0.29, 0.717) is 5.56 Å². The zero-order valence-electron chi connectivity index (χ0n) is 12.7. The first kappa shape index (κ1) is 18.8. The van der Waals surface area contributed by atoms with Crippen LogP contribution in [0.5, 0.6) is 0 Å². The van der Waals surface area contributed by atoms with Gasteiger partial charge in [-0.15, -0.1) is 0 Å². The Hall–Kier alpha value is -2.26. The van der Waals surface area contributed by atoms with E-state index < -0.39 is 27.9 Å². The molecule has 0 aliphatic heterocycles. The molecule has 0 unspecified atom stereocenters. The molecular formula is C14H18N2O6S. The van der Waals surface area contributed by atoms with E-state index in [4.69, 9.17) is 5.11 Å². The molecule has 0 aromatic heterocycles. The van der Waals surface area contributed by atoms with Gasteiger partial charge in [-0.3, -0.25) is 14.4 Å². The van der Waals surface area contributed by atoms with Crippen molar-refractivity contribution in [2.24, 2.45) is 0 Å². The quantitative estimate of drug-likeness (QED) is 0.577. The van der Waals surface area contributed by atoms with E-state index in [2.05, 4.69) is 10.0 Å². The molecule has 8 nitrogen and oxygen atoms in total. The van der Waals surface area contributed by atoms with Gasteiger partial charge in [0.1, 0.15) is 6.04 Å². The van der Waals surface area contributed by atoms with Crippen molar-refractivity contribution < 1.29 is 27.9 Å². The summed E-state index contributed by atoms with van der Waals surface area (Å²) >= 11 is 0. The molecule has 126 valence electrons. The van der Waals surface area contributed by atoms with Crippen LogP contribution in [0.1, 0.15) is 30.6 Å². The monoisotopic (exact) mass is 342 g/mol. The molecule has 1 aromatic carbocycles. The van der Waals surface area contributed by atoms with Crippen molar-refractivity contribution >= 4 is 27.7 Å². The largest absolute Gasteiger partial charge is 0.480 e. The van der Waals surface area contributed by atoms with Crippen LogP contribution in [0.4, 0.5) is 0 Å². The number of amides is 1. The second kappa shape index (κ2) is 7.84. The first-order valence-corrected chi connectivity index (χ1v) is 8.24. The Kier molecular flexibility index (Phi) is 6.40. The standard InChI is InChI=1S/C14H18N2O6S/c1-9(14(19)20)16-13(18)7-8-15-23(21,22)12-5-3-11(4-6-12)10(2)17/h3-6,9,15H,7-8H2,1-2H3,(H,16,18)(H,19,20)/t9-/m1/s1. The van der Waals surface area contributed by atoms with Gasteiger partial charge in [0.05, 0.1) is 4.90 Å². The molecule has 0 aliphatic carbocycles. The summed E-state index contributed by atoms with van der Waals surface area (Å²) in [6, 6.07) is 4.35. The second-order valence-corrected chi connectivity index (χ2v) is 6.62. The van der Waals surface area contributed by atoms with Crippen LogP contribution < -0.4 is 10.0 Å². The Morgan fingerprint density at radius 2 is 1.74 bits per heavy atom. The van der Waals surface area contributed by atoms with Crippen LogP contribution in [0.3, 0.4) is 0 Å². The van der Waals surface area contributed by atoms with Gasteiger partial charge in [0.2, 0.25) is 15.9 Å². The highest BCUT2D eigenvalue weighted by atomic mass is 32.2. The Bertz CT molecular complexity index is 696. The molecule has 0 saturated heterocycles. The summed E-state index contributed by atoms with van der Waals surface area (Å²) < 4.78 is 26.2. The van der Waals surface area contributed by atoms with E-state index in [1.165, 1.54) is 38.1 Å². The molecule has 0 fully saturated rings. The van der Waals surface area contributed by atoms with Gasteiger partial charge < -0.3 is 10.4 Å². The van der Waals surface area contributed by atoms with E-state index in [9.17, 15) is 22.8 Å². The number of aliphatic carboxylic acids is 1. The van der Waals surface area contributed by atoms with Crippen molar-refractivity contribution in [3.63, 3.8) is 0 Å². The molecule has 0 aliphatic rings. The van der Waals surface area contributed by atoms with Gasteiger partial charge in [-0.25, -0.2) is 13.1 Å². The maximum Gasteiger partial charge on any atom is 0.325 e. The van der Waals surface area contributed by atoms with Crippen molar-refractivity contribution in [3.8, 4) is 0 Å². The number of hydrogen-bond donors (Lipinski definition) is 3. The fourth-order valence-electron chi connectivity index (χ4n) is 1.63. The van der Waals surface area contributed by atoms with Gasteiger partial charge >= 0.3 is 5.97 Å². The molecule has 0 radical (unpaired) electrons. The molecule has 23 heavy (non-hydrogen) atoms. The summed E-state index contributed by atoms with van der Waals surface area (Å²) in [5.41, 5.74) is 0.394. The van der Waals surface area contributed by atoms with Gasteiger partial charge in [0, 0.05) is 18.5 Å². The number of nitrogens with one attached hydrogen (secondary N) is 2. The van der Waals surface area contributed by atoms with Crippen LogP contribution >= 0.6 is 0 Å². The van der Waals surface area contributed by atoms with Crippen molar-refractivity contribution in [1.29, 1.82) is 0 Å². The lowest BCUT2D eigenvalue weighted by Crippen LogP contribution is -2.39. The third kappa shape index (κ3) is 5.80. The van der Waals surface area contributed by atoms with Gasteiger partial charge in [-0.1, -0.05) is 12.1 Å². The molecule has 1 rings (SSSR count). The highest BCUT2D eigenvalue weighted by molar-refractivity contribution is 7.89. The smallest absolute Gasteiger partial charge is 0.325 e. The summed E-state index contributed by atoms with van der Waals surface area (Å²) in [7, 11) is -3.80. The maximum atomic E-state index is 12.0. The van der Waals surface area contributed by atoms with Crippen LogP contribution in [0, 0.1) is 0 Å². The number of Topliss-reactive ketones (excluding diaryl/α,β-unsaturated/α-hetero) is 1. The Balaban J connectivity index is 2.57. The molecule has 9 heteroatoms. The lowest BCUT2D eigenvalue weighted by atomic mass is 10.2. The number of sulfonamides is 1.